The second-order valence-corrected chi connectivity index (χ2v) is 3.82. The van der Waals surface area contributed by atoms with Gasteiger partial charge in [-0.3, -0.25) is 0 Å². The number of fused-ring (bicyclic) bond motifs is 3. The van der Waals surface area contributed by atoms with Crippen molar-refractivity contribution in [3.05, 3.63) is 23.3 Å². The minimum atomic E-state index is 0.0293. The van der Waals surface area contributed by atoms with E-state index in [9.17, 15) is 0 Å². The number of benzene rings is 1. The maximum Gasteiger partial charge on any atom is 0.124 e. The lowest BCUT2D eigenvalue weighted by molar-refractivity contribution is 0.287. The molecule has 1 atom stereocenters. The second-order valence-electron chi connectivity index (χ2n) is 3.82. The van der Waals surface area contributed by atoms with Crippen LogP contribution in [0.3, 0.4) is 0 Å². The van der Waals surface area contributed by atoms with Crippen molar-refractivity contribution in [2.75, 3.05) is 13.2 Å². The van der Waals surface area contributed by atoms with Crippen LogP contribution in [0.15, 0.2) is 12.1 Å². The van der Waals surface area contributed by atoms with Crippen LogP contribution in [0.1, 0.15) is 23.6 Å². The molecule has 14 heavy (non-hydrogen) atoms. The average Bonchev–Trinajstić information content (AvgIpc) is 2.61. The van der Waals surface area contributed by atoms with Gasteiger partial charge in [-0.05, 0) is 25.0 Å². The molecule has 3 nitrogen and oxygen atoms in total. The van der Waals surface area contributed by atoms with E-state index in [4.69, 9.17) is 15.2 Å². The minimum absolute atomic E-state index is 0.0293. The zero-order valence-corrected chi connectivity index (χ0v) is 7.95. The Balaban J connectivity index is 2.18. The molecule has 0 saturated carbocycles. The summed E-state index contributed by atoms with van der Waals surface area (Å²) in [6.45, 7) is 1.42. The minimum Gasteiger partial charge on any atom is -0.493 e. The fourth-order valence-corrected chi connectivity index (χ4v) is 2.24. The SMILES string of the molecule is N[C@H]1COc2ccc3c(c21)CCCO3. The zero-order chi connectivity index (χ0) is 9.54. The van der Waals surface area contributed by atoms with Crippen LogP contribution in [-0.2, 0) is 6.42 Å². The monoisotopic (exact) mass is 191 g/mol. The van der Waals surface area contributed by atoms with Gasteiger partial charge in [0.05, 0.1) is 12.6 Å². The highest BCUT2D eigenvalue weighted by Crippen LogP contribution is 2.40. The van der Waals surface area contributed by atoms with E-state index in [2.05, 4.69) is 0 Å². The van der Waals surface area contributed by atoms with Crippen LogP contribution in [0.25, 0.3) is 0 Å². The van der Waals surface area contributed by atoms with Gasteiger partial charge in [0.2, 0.25) is 0 Å². The zero-order valence-electron chi connectivity index (χ0n) is 7.95. The maximum absolute atomic E-state index is 5.99. The third-order valence-electron chi connectivity index (χ3n) is 2.89. The van der Waals surface area contributed by atoms with Gasteiger partial charge in [0.1, 0.15) is 18.1 Å². The molecule has 1 aromatic rings. The van der Waals surface area contributed by atoms with Crippen LogP contribution in [0.2, 0.25) is 0 Å². The molecule has 3 heteroatoms. The van der Waals surface area contributed by atoms with E-state index in [1.807, 2.05) is 12.1 Å². The molecule has 3 rings (SSSR count). The first-order valence-corrected chi connectivity index (χ1v) is 5.03. The van der Waals surface area contributed by atoms with Gasteiger partial charge in [0.15, 0.2) is 0 Å². The number of hydrogen-bond donors (Lipinski definition) is 1. The Hall–Kier alpha value is -1.22. The second kappa shape index (κ2) is 2.89. The van der Waals surface area contributed by atoms with Crippen LogP contribution in [0, 0.1) is 0 Å². The fraction of sp³-hybridized carbons (Fsp3) is 0.455. The molecule has 0 aromatic heterocycles. The van der Waals surface area contributed by atoms with Gasteiger partial charge < -0.3 is 15.2 Å². The summed E-state index contributed by atoms with van der Waals surface area (Å²) >= 11 is 0. The number of nitrogens with two attached hydrogens (primary N) is 1. The topological polar surface area (TPSA) is 44.5 Å². The highest BCUT2D eigenvalue weighted by Gasteiger charge is 2.27. The molecule has 0 aliphatic carbocycles. The summed E-state index contributed by atoms with van der Waals surface area (Å²) in [5, 5.41) is 0. The first kappa shape index (κ1) is 8.12. The largest absolute Gasteiger partial charge is 0.493 e. The summed E-state index contributed by atoms with van der Waals surface area (Å²) in [4.78, 5) is 0. The van der Waals surface area contributed by atoms with Crippen molar-refractivity contribution < 1.29 is 9.47 Å². The van der Waals surface area contributed by atoms with Crippen molar-refractivity contribution in [3.63, 3.8) is 0 Å². The van der Waals surface area contributed by atoms with E-state index in [1.165, 1.54) is 11.1 Å². The predicted molar refractivity (Wildman–Crippen MR) is 52.7 cm³/mol. The van der Waals surface area contributed by atoms with Crippen molar-refractivity contribution in [2.45, 2.75) is 18.9 Å². The van der Waals surface area contributed by atoms with Crippen molar-refractivity contribution in [2.24, 2.45) is 5.73 Å². The van der Waals surface area contributed by atoms with Crippen molar-refractivity contribution in [1.29, 1.82) is 0 Å². The molecular formula is C11H13NO2. The standard InChI is InChI=1S/C11H13NO2/c12-8-6-14-10-4-3-9-7(11(8)10)2-1-5-13-9/h3-4,8H,1-2,5-6,12H2/t8-/m0/s1. The van der Waals surface area contributed by atoms with Gasteiger partial charge in [-0.2, -0.15) is 0 Å². The smallest absolute Gasteiger partial charge is 0.124 e. The number of hydrogen-bond acceptors (Lipinski definition) is 3. The molecule has 0 bridgehead atoms. The van der Waals surface area contributed by atoms with Crippen molar-refractivity contribution in [1.82, 2.24) is 0 Å². The lowest BCUT2D eigenvalue weighted by atomic mass is 9.96. The molecule has 74 valence electrons. The van der Waals surface area contributed by atoms with Crippen LogP contribution < -0.4 is 15.2 Å². The van der Waals surface area contributed by atoms with E-state index in [0.717, 1.165) is 30.9 Å². The molecule has 0 amide bonds. The summed E-state index contributed by atoms with van der Waals surface area (Å²) in [6, 6.07) is 3.99. The van der Waals surface area contributed by atoms with Crippen molar-refractivity contribution >= 4 is 0 Å². The van der Waals surface area contributed by atoms with Gasteiger partial charge in [0.25, 0.3) is 0 Å². The third kappa shape index (κ3) is 1.02. The molecule has 2 aliphatic rings. The van der Waals surface area contributed by atoms with E-state index in [-0.39, 0.29) is 6.04 Å². The van der Waals surface area contributed by atoms with Gasteiger partial charge >= 0.3 is 0 Å². The average molecular weight is 191 g/mol. The number of rotatable bonds is 0. The molecule has 0 spiro atoms. The Bertz CT molecular complexity index is 376. The predicted octanol–water partition coefficient (Wildman–Crippen LogP) is 1.40. The summed E-state index contributed by atoms with van der Waals surface area (Å²) in [5.41, 5.74) is 8.42. The van der Waals surface area contributed by atoms with Crippen LogP contribution in [0.4, 0.5) is 0 Å². The summed E-state index contributed by atoms with van der Waals surface area (Å²) < 4.78 is 11.1. The fourth-order valence-electron chi connectivity index (χ4n) is 2.24. The van der Waals surface area contributed by atoms with Crippen molar-refractivity contribution in [3.8, 4) is 11.5 Å². The lowest BCUT2D eigenvalue weighted by Gasteiger charge is -2.20. The summed E-state index contributed by atoms with van der Waals surface area (Å²) in [7, 11) is 0. The Morgan fingerprint density at radius 3 is 3.00 bits per heavy atom. The van der Waals surface area contributed by atoms with Gasteiger partial charge in [-0.15, -0.1) is 0 Å². The first-order valence-electron chi connectivity index (χ1n) is 5.03. The Morgan fingerprint density at radius 2 is 2.07 bits per heavy atom. The van der Waals surface area contributed by atoms with Gasteiger partial charge in [0, 0.05) is 11.1 Å². The lowest BCUT2D eigenvalue weighted by Crippen LogP contribution is -2.15. The van der Waals surface area contributed by atoms with E-state index in [1.54, 1.807) is 0 Å². The van der Waals surface area contributed by atoms with E-state index in [0.29, 0.717) is 6.61 Å². The van der Waals surface area contributed by atoms with E-state index >= 15 is 0 Å². The number of ether oxygens (including phenoxy) is 2. The van der Waals surface area contributed by atoms with Crippen LogP contribution in [0.5, 0.6) is 11.5 Å². The molecule has 2 aliphatic heterocycles. The Morgan fingerprint density at radius 1 is 1.21 bits per heavy atom. The molecule has 0 saturated heterocycles. The van der Waals surface area contributed by atoms with Gasteiger partial charge in [-0.25, -0.2) is 0 Å². The van der Waals surface area contributed by atoms with E-state index < -0.39 is 0 Å². The summed E-state index contributed by atoms with van der Waals surface area (Å²) in [5.74, 6) is 1.94. The molecule has 1 aromatic carbocycles. The van der Waals surface area contributed by atoms with Gasteiger partial charge in [-0.1, -0.05) is 0 Å². The Labute approximate surface area is 82.8 Å². The Kier molecular flexibility index (Phi) is 1.67. The normalized spacial score (nSPS) is 23.4. The molecular weight excluding hydrogens is 178 g/mol. The maximum atomic E-state index is 5.99. The quantitative estimate of drug-likeness (QED) is 0.674. The molecule has 2 heterocycles. The highest BCUT2D eigenvalue weighted by atomic mass is 16.5. The third-order valence-corrected chi connectivity index (χ3v) is 2.89. The molecule has 2 N–H and O–H groups in total. The molecule has 0 radical (unpaired) electrons. The highest BCUT2D eigenvalue weighted by molar-refractivity contribution is 5.52. The first-order chi connectivity index (χ1) is 6.86. The molecule has 0 unspecified atom stereocenters. The van der Waals surface area contributed by atoms with Crippen LogP contribution >= 0.6 is 0 Å². The summed E-state index contributed by atoms with van der Waals surface area (Å²) in [6.07, 6.45) is 2.14. The van der Waals surface area contributed by atoms with Crippen LogP contribution in [-0.4, -0.2) is 13.2 Å². The molecule has 0 fully saturated rings.